The van der Waals surface area contributed by atoms with E-state index in [1.807, 2.05) is 0 Å². The molecule has 0 heterocycles. The molecule has 64 valence electrons. The first kappa shape index (κ1) is 10.1. The second kappa shape index (κ2) is 5.85. The van der Waals surface area contributed by atoms with E-state index in [1.165, 1.54) is 6.92 Å². The predicted octanol–water partition coefficient (Wildman–Crippen LogP) is -0.109. The van der Waals surface area contributed by atoms with Crippen LogP contribution < -0.4 is 0 Å². The summed E-state index contributed by atoms with van der Waals surface area (Å²) in [5, 5.41) is 8.29. The molecule has 0 amide bonds. The summed E-state index contributed by atoms with van der Waals surface area (Å²) in [5.74, 6) is -0.571. The Bertz CT molecular complexity index is 141. The zero-order valence-electron chi connectivity index (χ0n) is 6.50. The molecule has 1 N–H and O–H groups in total. The molecule has 0 rings (SSSR count). The van der Waals surface area contributed by atoms with Crippen LogP contribution in [0.25, 0.3) is 0 Å². The number of hydrogen-bond acceptors (Lipinski definition) is 4. The van der Waals surface area contributed by atoms with Crippen LogP contribution in [-0.2, 0) is 14.3 Å². The number of ether oxygens (including phenoxy) is 1. The Morgan fingerprint density at radius 1 is 1.45 bits per heavy atom. The van der Waals surface area contributed by atoms with Crippen molar-refractivity contribution in [1.29, 1.82) is 0 Å². The van der Waals surface area contributed by atoms with Crippen molar-refractivity contribution in [3.8, 4) is 0 Å². The Morgan fingerprint density at radius 2 is 2.09 bits per heavy atom. The van der Waals surface area contributed by atoms with Gasteiger partial charge >= 0.3 is 5.97 Å². The lowest BCUT2D eigenvalue weighted by atomic mass is 10.2. The molecule has 0 aromatic heterocycles. The summed E-state index contributed by atoms with van der Waals surface area (Å²) in [6.45, 7) is 1.13. The van der Waals surface area contributed by atoms with Gasteiger partial charge in [0.15, 0.2) is 5.78 Å². The third-order valence-corrected chi connectivity index (χ3v) is 1.08. The second-order valence-corrected chi connectivity index (χ2v) is 2.14. The first-order valence-electron chi connectivity index (χ1n) is 3.42. The van der Waals surface area contributed by atoms with Gasteiger partial charge in [-0.25, -0.2) is 0 Å². The lowest BCUT2D eigenvalue weighted by Gasteiger charge is -1.99. The molecule has 0 aliphatic heterocycles. The number of aliphatic hydroxyl groups is 1. The van der Waals surface area contributed by atoms with Gasteiger partial charge in [0, 0.05) is 13.3 Å². The second-order valence-electron chi connectivity index (χ2n) is 2.14. The molecule has 0 fully saturated rings. The summed E-state index contributed by atoms with van der Waals surface area (Å²) in [4.78, 5) is 20.7. The van der Waals surface area contributed by atoms with E-state index in [9.17, 15) is 9.59 Å². The van der Waals surface area contributed by atoms with Crippen LogP contribution in [0, 0.1) is 0 Å². The SMILES string of the molecule is CC(=O)OCCCC(=O)CO. The van der Waals surface area contributed by atoms with Crippen LogP contribution in [0.3, 0.4) is 0 Å². The molecular weight excluding hydrogens is 148 g/mol. The van der Waals surface area contributed by atoms with Gasteiger partial charge in [0.2, 0.25) is 0 Å². The molecule has 0 aliphatic rings. The molecule has 0 bridgehead atoms. The quantitative estimate of drug-likeness (QED) is 0.450. The van der Waals surface area contributed by atoms with Crippen molar-refractivity contribution < 1.29 is 19.4 Å². The van der Waals surface area contributed by atoms with Gasteiger partial charge in [0.25, 0.3) is 0 Å². The maximum Gasteiger partial charge on any atom is 0.302 e. The lowest BCUT2D eigenvalue weighted by molar-refractivity contribution is -0.141. The van der Waals surface area contributed by atoms with Crippen molar-refractivity contribution in [2.45, 2.75) is 19.8 Å². The van der Waals surface area contributed by atoms with Crippen molar-refractivity contribution in [3.63, 3.8) is 0 Å². The number of Topliss-reactive ketones (excluding diaryl/α,β-unsaturated/α-hetero) is 1. The summed E-state index contributed by atoms with van der Waals surface area (Å²) in [6, 6.07) is 0. The standard InChI is InChI=1S/C7H12O4/c1-6(9)11-4-2-3-7(10)5-8/h8H,2-5H2,1H3. The third-order valence-electron chi connectivity index (χ3n) is 1.08. The Hall–Kier alpha value is -0.900. The van der Waals surface area contributed by atoms with Gasteiger partial charge in [-0.05, 0) is 6.42 Å². The fraction of sp³-hybridized carbons (Fsp3) is 0.714. The molecular formula is C7H12O4. The summed E-state index contributed by atoms with van der Waals surface area (Å²) < 4.78 is 4.56. The molecule has 0 atom stereocenters. The summed E-state index contributed by atoms with van der Waals surface area (Å²) in [7, 11) is 0. The monoisotopic (exact) mass is 160 g/mol. The average molecular weight is 160 g/mol. The minimum Gasteiger partial charge on any atom is -0.466 e. The average Bonchev–Trinajstić information content (AvgIpc) is 1.97. The third kappa shape index (κ3) is 6.99. The highest BCUT2D eigenvalue weighted by molar-refractivity contribution is 5.79. The Balaban J connectivity index is 3.14. The number of esters is 1. The zero-order chi connectivity index (χ0) is 8.69. The fourth-order valence-electron chi connectivity index (χ4n) is 0.564. The van der Waals surface area contributed by atoms with E-state index in [-0.39, 0.29) is 24.8 Å². The van der Waals surface area contributed by atoms with Crippen LogP contribution >= 0.6 is 0 Å². The predicted molar refractivity (Wildman–Crippen MR) is 38.0 cm³/mol. The molecule has 0 unspecified atom stereocenters. The maximum atomic E-state index is 10.5. The molecule has 0 radical (unpaired) electrons. The van der Waals surface area contributed by atoms with Gasteiger partial charge in [-0.3, -0.25) is 9.59 Å². The van der Waals surface area contributed by atoms with E-state index in [0.717, 1.165) is 0 Å². The highest BCUT2D eigenvalue weighted by atomic mass is 16.5. The molecule has 0 aromatic carbocycles. The molecule has 11 heavy (non-hydrogen) atoms. The van der Waals surface area contributed by atoms with Crippen LogP contribution in [-0.4, -0.2) is 30.1 Å². The molecule has 4 heteroatoms. The molecule has 4 nitrogen and oxygen atoms in total. The van der Waals surface area contributed by atoms with Crippen molar-refractivity contribution >= 4 is 11.8 Å². The fourth-order valence-corrected chi connectivity index (χ4v) is 0.564. The first-order valence-corrected chi connectivity index (χ1v) is 3.42. The van der Waals surface area contributed by atoms with Crippen molar-refractivity contribution in [1.82, 2.24) is 0 Å². The number of rotatable bonds is 5. The first-order chi connectivity index (χ1) is 5.16. The Labute approximate surface area is 65.2 Å². The minimum atomic E-state index is -0.430. The van der Waals surface area contributed by atoms with Crippen LogP contribution in [0.15, 0.2) is 0 Å². The molecule has 0 aliphatic carbocycles. The van der Waals surface area contributed by atoms with Crippen molar-refractivity contribution in [3.05, 3.63) is 0 Å². The normalized spacial score (nSPS) is 9.27. The van der Waals surface area contributed by atoms with E-state index in [1.54, 1.807) is 0 Å². The van der Waals surface area contributed by atoms with Gasteiger partial charge in [-0.2, -0.15) is 0 Å². The van der Waals surface area contributed by atoms with E-state index >= 15 is 0 Å². The topological polar surface area (TPSA) is 63.6 Å². The molecule has 0 saturated carbocycles. The van der Waals surface area contributed by atoms with Gasteiger partial charge < -0.3 is 9.84 Å². The van der Waals surface area contributed by atoms with E-state index in [0.29, 0.717) is 6.42 Å². The largest absolute Gasteiger partial charge is 0.466 e. The lowest BCUT2D eigenvalue weighted by Crippen LogP contribution is -2.06. The van der Waals surface area contributed by atoms with Crippen LogP contribution in [0.4, 0.5) is 0 Å². The van der Waals surface area contributed by atoms with Crippen molar-refractivity contribution in [2.24, 2.45) is 0 Å². The van der Waals surface area contributed by atoms with Crippen LogP contribution in [0.1, 0.15) is 19.8 Å². The van der Waals surface area contributed by atoms with E-state index in [4.69, 9.17) is 5.11 Å². The summed E-state index contributed by atoms with van der Waals surface area (Å²) in [5.41, 5.74) is 0. The summed E-state index contributed by atoms with van der Waals surface area (Å²) in [6.07, 6.45) is 0.753. The highest BCUT2D eigenvalue weighted by Crippen LogP contribution is 1.91. The van der Waals surface area contributed by atoms with E-state index < -0.39 is 6.61 Å². The van der Waals surface area contributed by atoms with Gasteiger partial charge in [-0.15, -0.1) is 0 Å². The summed E-state index contributed by atoms with van der Waals surface area (Å²) >= 11 is 0. The van der Waals surface area contributed by atoms with Gasteiger partial charge in [0.05, 0.1) is 6.61 Å². The van der Waals surface area contributed by atoms with Crippen LogP contribution in [0.5, 0.6) is 0 Å². The smallest absolute Gasteiger partial charge is 0.302 e. The number of carbonyl (C=O) groups is 2. The van der Waals surface area contributed by atoms with E-state index in [2.05, 4.69) is 4.74 Å². The molecule has 0 aromatic rings. The number of hydrogen-bond donors (Lipinski definition) is 1. The highest BCUT2D eigenvalue weighted by Gasteiger charge is 1.99. The zero-order valence-corrected chi connectivity index (χ0v) is 6.50. The number of ketones is 1. The minimum absolute atomic E-state index is 0.225. The molecule has 0 spiro atoms. The number of carbonyl (C=O) groups excluding carboxylic acids is 2. The maximum absolute atomic E-state index is 10.5. The van der Waals surface area contributed by atoms with Gasteiger partial charge in [-0.1, -0.05) is 0 Å². The molecule has 0 saturated heterocycles. The van der Waals surface area contributed by atoms with Crippen molar-refractivity contribution in [2.75, 3.05) is 13.2 Å². The Kier molecular flexibility index (Phi) is 5.37. The number of aliphatic hydroxyl groups excluding tert-OH is 1. The Morgan fingerprint density at radius 3 is 2.55 bits per heavy atom. The van der Waals surface area contributed by atoms with Gasteiger partial charge in [0.1, 0.15) is 6.61 Å². The van der Waals surface area contributed by atoms with Crippen LogP contribution in [0.2, 0.25) is 0 Å².